The zero-order valence-corrected chi connectivity index (χ0v) is 19.7. The number of aromatic nitrogens is 4. The summed E-state index contributed by atoms with van der Waals surface area (Å²) in [5.41, 5.74) is 4.97. The molecule has 2 heterocycles. The van der Waals surface area contributed by atoms with Crippen molar-refractivity contribution in [1.29, 1.82) is 0 Å². The third-order valence-corrected chi connectivity index (χ3v) is 5.56. The van der Waals surface area contributed by atoms with Crippen LogP contribution in [-0.2, 0) is 6.54 Å². The molecule has 3 N–H and O–H groups in total. The van der Waals surface area contributed by atoms with Gasteiger partial charge in [-0.1, -0.05) is 0 Å². The fourth-order valence-corrected chi connectivity index (χ4v) is 3.80. The van der Waals surface area contributed by atoms with Crippen LogP contribution < -0.4 is 15.0 Å². The van der Waals surface area contributed by atoms with Crippen LogP contribution in [0.2, 0.25) is 0 Å². The maximum Gasteiger partial charge on any atom is 0.251 e. The van der Waals surface area contributed by atoms with Crippen LogP contribution in [-0.4, -0.2) is 69.8 Å². The number of fused-ring (bicyclic) bond motifs is 1. The van der Waals surface area contributed by atoms with Gasteiger partial charge in [-0.05, 0) is 36.8 Å². The molecule has 2 aromatic heterocycles. The standard InChI is InChI=1S/C25H28N6O4/c1-26-25(34)17-10-20(12-21(11-17)35-2)31(6-3-8-32)19-4-5-22-23(13-19)29-24(15-27-22)18-14-28-30(16-18)7-9-33/h4-5,10-16,32-33H,3,6-9H2,1-2H3,(H,26,34). The molecule has 4 rings (SSSR count). The fourth-order valence-electron chi connectivity index (χ4n) is 3.80. The SMILES string of the molecule is CNC(=O)c1cc(OC)cc(N(CCCO)c2ccc3ncc(-c4cnn(CCO)c4)nc3c2)c1. The second-order valence-corrected chi connectivity index (χ2v) is 7.87. The van der Waals surface area contributed by atoms with Crippen LogP contribution in [0, 0.1) is 0 Å². The molecule has 0 radical (unpaired) electrons. The van der Waals surface area contributed by atoms with Crippen molar-refractivity contribution >= 4 is 28.3 Å². The molecule has 182 valence electrons. The summed E-state index contributed by atoms with van der Waals surface area (Å²) >= 11 is 0. The molecule has 35 heavy (non-hydrogen) atoms. The topological polar surface area (TPSA) is 126 Å². The van der Waals surface area contributed by atoms with Gasteiger partial charge in [-0.25, -0.2) is 4.98 Å². The van der Waals surface area contributed by atoms with Gasteiger partial charge >= 0.3 is 0 Å². The predicted molar refractivity (Wildman–Crippen MR) is 133 cm³/mol. The van der Waals surface area contributed by atoms with Gasteiger partial charge in [0.25, 0.3) is 5.91 Å². The summed E-state index contributed by atoms with van der Waals surface area (Å²) in [4.78, 5) is 23.7. The average molecular weight is 477 g/mol. The zero-order chi connectivity index (χ0) is 24.8. The van der Waals surface area contributed by atoms with Crippen LogP contribution in [0.1, 0.15) is 16.8 Å². The number of hydrogen-bond donors (Lipinski definition) is 3. The van der Waals surface area contributed by atoms with Crippen molar-refractivity contribution in [2.24, 2.45) is 0 Å². The predicted octanol–water partition coefficient (Wildman–Crippen LogP) is 2.37. The lowest BCUT2D eigenvalue weighted by Crippen LogP contribution is -2.22. The lowest BCUT2D eigenvalue weighted by molar-refractivity contribution is 0.0962. The Hall–Kier alpha value is -4.02. The molecule has 0 aliphatic rings. The van der Waals surface area contributed by atoms with E-state index >= 15 is 0 Å². The molecule has 0 saturated carbocycles. The smallest absolute Gasteiger partial charge is 0.251 e. The second-order valence-electron chi connectivity index (χ2n) is 7.87. The number of methoxy groups -OCH3 is 1. The Balaban J connectivity index is 1.76. The van der Waals surface area contributed by atoms with Crippen molar-refractivity contribution in [3.8, 4) is 17.0 Å². The van der Waals surface area contributed by atoms with E-state index in [1.54, 1.807) is 43.4 Å². The van der Waals surface area contributed by atoms with E-state index in [-0.39, 0.29) is 19.1 Å². The number of aliphatic hydroxyl groups excluding tert-OH is 2. The van der Waals surface area contributed by atoms with E-state index in [4.69, 9.17) is 14.8 Å². The van der Waals surface area contributed by atoms with Crippen molar-refractivity contribution in [2.45, 2.75) is 13.0 Å². The first kappa shape index (κ1) is 24.1. The highest BCUT2D eigenvalue weighted by Gasteiger charge is 2.16. The monoisotopic (exact) mass is 476 g/mol. The van der Waals surface area contributed by atoms with Gasteiger partial charge in [0, 0.05) is 55.0 Å². The van der Waals surface area contributed by atoms with Gasteiger partial charge in [0.05, 0.1) is 49.4 Å². The molecule has 2 aromatic carbocycles. The lowest BCUT2D eigenvalue weighted by Gasteiger charge is -2.26. The van der Waals surface area contributed by atoms with E-state index in [1.807, 2.05) is 35.4 Å². The minimum Gasteiger partial charge on any atom is -0.497 e. The molecule has 10 heteroatoms. The molecule has 0 atom stereocenters. The quantitative estimate of drug-likeness (QED) is 0.319. The molecule has 0 aliphatic heterocycles. The first-order valence-electron chi connectivity index (χ1n) is 11.3. The number of carbonyl (C=O) groups excluding carboxylic acids is 1. The molecule has 0 saturated heterocycles. The van der Waals surface area contributed by atoms with Crippen molar-refractivity contribution in [2.75, 3.05) is 38.8 Å². The van der Waals surface area contributed by atoms with Gasteiger partial charge < -0.3 is 25.2 Å². The molecule has 0 bridgehead atoms. The second kappa shape index (κ2) is 10.9. The van der Waals surface area contributed by atoms with Gasteiger partial charge in [0.15, 0.2) is 0 Å². The maximum atomic E-state index is 12.3. The molecule has 0 aliphatic carbocycles. The fraction of sp³-hybridized carbons (Fsp3) is 0.280. The van der Waals surface area contributed by atoms with Crippen LogP contribution in [0.15, 0.2) is 55.0 Å². The summed E-state index contributed by atoms with van der Waals surface area (Å²) in [7, 11) is 3.14. The molecule has 10 nitrogen and oxygen atoms in total. The first-order valence-corrected chi connectivity index (χ1v) is 11.3. The van der Waals surface area contributed by atoms with Crippen LogP contribution in [0.5, 0.6) is 5.75 Å². The highest BCUT2D eigenvalue weighted by Crippen LogP contribution is 2.32. The number of ether oxygens (including phenoxy) is 1. The number of rotatable bonds is 10. The van der Waals surface area contributed by atoms with E-state index in [0.717, 1.165) is 22.5 Å². The van der Waals surface area contributed by atoms with E-state index in [2.05, 4.69) is 15.4 Å². The molecule has 0 spiro atoms. The van der Waals surface area contributed by atoms with E-state index in [1.165, 1.54) is 0 Å². The molecule has 0 unspecified atom stereocenters. The Morgan fingerprint density at radius 3 is 2.69 bits per heavy atom. The summed E-state index contributed by atoms with van der Waals surface area (Å²) in [5.74, 6) is 0.334. The third kappa shape index (κ3) is 5.39. The van der Waals surface area contributed by atoms with Gasteiger partial charge in [0.1, 0.15) is 5.75 Å². The minimum absolute atomic E-state index is 0.00343. The Morgan fingerprint density at radius 1 is 1.09 bits per heavy atom. The number of nitrogens with one attached hydrogen (secondary N) is 1. The summed E-state index contributed by atoms with van der Waals surface area (Å²) in [6.45, 7) is 0.953. The van der Waals surface area contributed by atoms with Crippen molar-refractivity contribution in [3.63, 3.8) is 0 Å². The number of carbonyl (C=O) groups is 1. The first-order chi connectivity index (χ1) is 17.1. The van der Waals surface area contributed by atoms with E-state index < -0.39 is 0 Å². The normalized spacial score (nSPS) is 11.0. The van der Waals surface area contributed by atoms with Crippen LogP contribution in [0.25, 0.3) is 22.3 Å². The summed E-state index contributed by atoms with van der Waals surface area (Å²) in [6, 6.07) is 11.1. The van der Waals surface area contributed by atoms with Gasteiger partial charge in [-0.2, -0.15) is 5.10 Å². The number of nitrogens with zero attached hydrogens (tertiary/aromatic N) is 5. The summed E-state index contributed by atoms with van der Waals surface area (Å²) in [6.07, 6.45) is 5.74. The van der Waals surface area contributed by atoms with Gasteiger partial charge in [-0.15, -0.1) is 0 Å². The molecule has 0 fully saturated rings. The number of anilines is 2. The Kier molecular flexibility index (Phi) is 7.54. The summed E-state index contributed by atoms with van der Waals surface area (Å²) < 4.78 is 7.09. The van der Waals surface area contributed by atoms with Gasteiger partial charge in [0.2, 0.25) is 0 Å². The lowest BCUT2D eigenvalue weighted by atomic mass is 10.1. The third-order valence-electron chi connectivity index (χ3n) is 5.56. The van der Waals surface area contributed by atoms with Gasteiger partial charge in [-0.3, -0.25) is 14.5 Å². The molecular weight excluding hydrogens is 448 g/mol. The maximum absolute atomic E-state index is 12.3. The van der Waals surface area contributed by atoms with Crippen LogP contribution in [0.3, 0.4) is 0 Å². The Bertz CT molecular complexity index is 1320. The number of aliphatic hydroxyl groups is 2. The van der Waals surface area contributed by atoms with E-state index in [0.29, 0.717) is 42.0 Å². The Labute approximate surface area is 202 Å². The van der Waals surface area contributed by atoms with Crippen molar-refractivity contribution in [1.82, 2.24) is 25.1 Å². The van der Waals surface area contributed by atoms with Crippen molar-refractivity contribution < 1.29 is 19.7 Å². The molecular formula is C25H28N6O4. The van der Waals surface area contributed by atoms with E-state index in [9.17, 15) is 9.90 Å². The van der Waals surface area contributed by atoms with Crippen LogP contribution >= 0.6 is 0 Å². The summed E-state index contributed by atoms with van der Waals surface area (Å²) in [5, 5.41) is 25.5. The average Bonchev–Trinajstić information content (AvgIpc) is 3.36. The largest absolute Gasteiger partial charge is 0.497 e. The highest BCUT2D eigenvalue weighted by atomic mass is 16.5. The van der Waals surface area contributed by atoms with Crippen molar-refractivity contribution in [3.05, 3.63) is 60.6 Å². The zero-order valence-electron chi connectivity index (χ0n) is 19.7. The molecule has 1 amide bonds. The van der Waals surface area contributed by atoms with Crippen LogP contribution in [0.4, 0.5) is 11.4 Å². The Morgan fingerprint density at radius 2 is 1.94 bits per heavy atom. The highest BCUT2D eigenvalue weighted by molar-refractivity contribution is 5.96. The molecule has 4 aromatic rings. The minimum atomic E-state index is -0.219. The number of amides is 1. The number of hydrogen-bond acceptors (Lipinski definition) is 8. The number of benzene rings is 2.